The lowest BCUT2D eigenvalue weighted by Crippen LogP contribution is -2.50. The van der Waals surface area contributed by atoms with Gasteiger partial charge in [-0.05, 0) is 50.1 Å². The Morgan fingerprint density at radius 1 is 1.00 bits per heavy atom. The van der Waals surface area contributed by atoms with Crippen LogP contribution in [0.2, 0.25) is 0 Å². The fourth-order valence-corrected chi connectivity index (χ4v) is 3.26. The second-order valence-corrected chi connectivity index (χ2v) is 8.13. The summed E-state index contributed by atoms with van der Waals surface area (Å²) in [5.41, 5.74) is -0.795. The molecule has 30 heavy (non-hydrogen) atoms. The third kappa shape index (κ3) is 5.14. The molecule has 1 aromatic carbocycles. The molecule has 0 atom stereocenters. The number of hydrogen-bond acceptors (Lipinski definition) is 4. The van der Waals surface area contributed by atoms with E-state index in [1.807, 2.05) is 0 Å². The van der Waals surface area contributed by atoms with Gasteiger partial charge in [0.05, 0.1) is 5.56 Å². The molecule has 1 fully saturated rings. The zero-order valence-electron chi connectivity index (χ0n) is 17.0. The highest BCUT2D eigenvalue weighted by Gasteiger charge is 2.36. The number of aromatic nitrogens is 1. The van der Waals surface area contributed by atoms with Crippen LogP contribution in [0.5, 0.6) is 0 Å². The van der Waals surface area contributed by atoms with Gasteiger partial charge in [0, 0.05) is 44.1 Å². The number of nitrogens with one attached hydrogen (secondary N) is 1. The molecule has 9 heteroatoms. The Kier molecular flexibility index (Phi) is 5.83. The first-order chi connectivity index (χ1) is 13.9. The van der Waals surface area contributed by atoms with Crippen molar-refractivity contribution in [2.24, 2.45) is 0 Å². The Morgan fingerprint density at radius 2 is 1.63 bits per heavy atom. The molecule has 162 valence electrons. The SMILES string of the molecule is CC(C)(C)OC(=O)N1CCN(c2ccc(-c3ccc(=O)[nH]c3)cc2C(F)(F)F)CC1. The number of amides is 1. The number of carbonyl (C=O) groups is 1. The highest BCUT2D eigenvalue weighted by atomic mass is 19.4. The van der Waals surface area contributed by atoms with Crippen molar-refractivity contribution in [3.8, 4) is 11.1 Å². The first-order valence-corrected chi connectivity index (χ1v) is 9.57. The molecule has 1 amide bonds. The molecule has 1 aromatic heterocycles. The summed E-state index contributed by atoms with van der Waals surface area (Å²) < 4.78 is 46.7. The van der Waals surface area contributed by atoms with Gasteiger partial charge in [0.1, 0.15) is 5.60 Å². The molecule has 0 unspecified atom stereocenters. The predicted octanol–water partition coefficient (Wildman–Crippen LogP) is 4.12. The molecule has 2 heterocycles. The van der Waals surface area contributed by atoms with Crippen LogP contribution in [0.1, 0.15) is 26.3 Å². The molecular formula is C21H24F3N3O3. The normalized spacial score (nSPS) is 15.3. The number of H-pyrrole nitrogens is 1. The Bertz CT molecular complexity index is 951. The maximum Gasteiger partial charge on any atom is 0.418 e. The van der Waals surface area contributed by atoms with Crippen molar-refractivity contribution in [1.29, 1.82) is 0 Å². The van der Waals surface area contributed by atoms with Crippen LogP contribution in [-0.4, -0.2) is 47.8 Å². The molecule has 0 aliphatic carbocycles. The summed E-state index contributed by atoms with van der Waals surface area (Å²) >= 11 is 0. The molecule has 3 rings (SSSR count). The van der Waals surface area contributed by atoms with Crippen LogP contribution >= 0.6 is 0 Å². The minimum Gasteiger partial charge on any atom is -0.444 e. The Morgan fingerprint density at radius 3 is 2.17 bits per heavy atom. The van der Waals surface area contributed by atoms with Gasteiger partial charge < -0.3 is 19.5 Å². The lowest BCUT2D eigenvalue weighted by atomic mass is 10.0. The highest BCUT2D eigenvalue weighted by Crippen LogP contribution is 2.39. The number of alkyl halides is 3. The number of aromatic amines is 1. The van der Waals surface area contributed by atoms with E-state index >= 15 is 0 Å². The van der Waals surface area contributed by atoms with Crippen molar-refractivity contribution in [3.63, 3.8) is 0 Å². The average Bonchev–Trinajstić information content (AvgIpc) is 2.66. The van der Waals surface area contributed by atoms with Gasteiger partial charge in [-0.2, -0.15) is 13.2 Å². The van der Waals surface area contributed by atoms with E-state index in [-0.39, 0.29) is 37.4 Å². The number of ether oxygens (including phenoxy) is 1. The molecule has 1 aliphatic rings. The summed E-state index contributed by atoms with van der Waals surface area (Å²) in [7, 11) is 0. The second-order valence-electron chi connectivity index (χ2n) is 8.13. The van der Waals surface area contributed by atoms with E-state index in [1.165, 1.54) is 29.3 Å². The molecule has 0 bridgehead atoms. The standard InChI is InChI=1S/C21H24F3N3O3/c1-20(2,3)30-19(29)27-10-8-26(9-11-27)17-6-4-14(12-16(17)21(22,23)24)15-5-7-18(28)25-13-15/h4-7,12-13H,8-11H2,1-3H3,(H,25,28). The fourth-order valence-electron chi connectivity index (χ4n) is 3.26. The van der Waals surface area contributed by atoms with Crippen molar-refractivity contribution < 1.29 is 22.7 Å². The first kappa shape index (κ1) is 21.7. The fraction of sp³-hybridized carbons (Fsp3) is 0.429. The third-order valence-electron chi connectivity index (χ3n) is 4.69. The van der Waals surface area contributed by atoms with Crippen molar-refractivity contribution in [2.75, 3.05) is 31.1 Å². The maximum absolute atomic E-state index is 13.8. The summed E-state index contributed by atoms with van der Waals surface area (Å²) in [6, 6.07) is 6.87. The number of hydrogen-bond donors (Lipinski definition) is 1. The monoisotopic (exact) mass is 423 g/mol. The van der Waals surface area contributed by atoms with Crippen LogP contribution in [-0.2, 0) is 10.9 Å². The lowest BCUT2D eigenvalue weighted by molar-refractivity contribution is -0.137. The Balaban J connectivity index is 1.82. The van der Waals surface area contributed by atoms with Gasteiger partial charge in [-0.15, -0.1) is 0 Å². The molecule has 1 aliphatic heterocycles. The number of halogens is 3. The van der Waals surface area contributed by atoms with E-state index in [2.05, 4.69) is 4.98 Å². The summed E-state index contributed by atoms with van der Waals surface area (Å²) in [6.45, 7) is 6.37. The van der Waals surface area contributed by atoms with Gasteiger partial charge in [0.15, 0.2) is 0 Å². The zero-order chi connectivity index (χ0) is 22.1. The van der Waals surface area contributed by atoms with Crippen molar-refractivity contribution in [3.05, 3.63) is 52.4 Å². The third-order valence-corrected chi connectivity index (χ3v) is 4.69. The molecule has 2 aromatic rings. The number of rotatable bonds is 2. The zero-order valence-corrected chi connectivity index (χ0v) is 17.0. The van der Waals surface area contributed by atoms with Gasteiger partial charge in [0.25, 0.3) is 0 Å². The number of piperazine rings is 1. The summed E-state index contributed by atoms with van der Waals surface area (Å²) in [6.07, 6.45) is -3.63. The van der Waals surface area contributed by atoms with Crippen LogP contribution < -0.4 is 10.5 Å². The van der Waals surface area contributed by atoms with E-state index < -0.39 is 23.4 Å². The van der Waals surface area contributed by atoms with E-state index in [0.717, 1.165) is 6.07 Å². The highest BCUT2D eigenvalue weighted by molar-refractivity contribution is 5.71. The first-order valence-electron chi connectivity index (χ1n) is 9.57. The maximum atomic E-state index is 13.8. The van der Waals surface area contributed by atoms with Crippen molar-refractivity contribution in [2.45, 2.75) is 32.5 Å². The topological polar surface area (TPSA) is 65.6 Å². The van der Waals surface area contributed by atoms with Gasteiger partial charge in [0.2, 0.25) is 5.56 Å². The molecule has 6 nitrogen and oxygen atoms in total. The average molecular weight is 423 g/mol. The van der Waals surface area contributed by atoms with Gasteiger partial charge in [-0.1, -0.05) is 6.07 Å². The minimum atomic E-state index is -4.55. The number of nitrogens with zero attached hydrogens (tertiary/aromatic N) is 2. The van der Waals surface area contributed by atoms with Crippen molar-refractivity contribution >= 4 is 11.8 Å². The summed E-state index contributed by atoms with van der Waals surface area (Å²) in [5, 5.41) is 0. The summed E-state index contributed by atoms with van der Waals surface area (Å²) in [5.74, 6) is 0. The number of benzene rings is 1. The van der Waals surface area contributed by atoms with Crippen LogP contribution in [0.25, 0.3) is 11.1 Å². The van der Waals surface area contributed by atoms with E-state index in [0.29, 0.717) is 11.1 Å². The van der Waals surface area contributed by atoms with Crippen LogP contribution in [0.15, 0.2) is 41.3 Å². The van der Waals surface area contributed by atoms with E-state index in [4.69, 9.17) is 4.74 Å². The Hall–Kier alpha value is -2.97. The number of anilines is 1. The summed E-state index contributed by atoms with van der Waals surface area (Å²) in [4.78, 5) is 29.0. The molecule has 1 saturated heterocycles. The van der Waals surface area contributed by atoms with Crippen LogP contribution in [0.3, 0.4) is 0 Å². The Labute approximate surface area is 172 Å². The molecule has 0 saturated carbocycles. The molecule has 0 radical (unpaired) electrons. The van der Waals surface area contributed by atoms with E-state index in [1.54, 1.807) is 31.7 Å². The second kappa shape index (κ2) is 8.04. The lowest BCUT2D eigenvalue weighted by Gasteiger charge is -2.37. The number of pyridine rings is 1. The minimum absolute atomic E-state index is 0.0690. The predicted molar refractivity (Wildman–Crippen MR) is 108 cm³/mol. The molecule has 1 N–H and O–H groups in total. The number of carbonyl (C=O) groups excluding carboxylic acids is 1. The van der Waals surface area contributed by atoms with Gasteiger partial charge in [-0.25, -0.2) is 4.79 Å². The van der Waals surface area contributed by atoms with Crippen LogP contribution in [0, 0.1) is 0 Å². The van der Waals surface area contributed by atoms with E-state index in [9.17, 15) is 22.8 Å². The quantitative estimate of drug-likeness (QED) is 0.789. The molecule has 0 spiro atoms. The smallest absolute Gasteiger partial charge is 0.418 e. The van der Waals surface area contributed by atoms with Crippen LogP contribution in [0.4, 0.5) is 23.7 Å². The largest absolute Gasteiger partial charge is 0.444 e. The van der Waals surface area contributed by atoms with Crippen molar-refractivity contribution in [1.82, 2.24) is 9.88 Å². The molecular weight excluding hydrogens is 399 g/mol. The van der Waals surface area contributed by atoms with Gasteiger partial charge in [-0.3, -0.25) is 4.79 Å². The van der Waals surface area contributed by atoms with Gasteiger partial charge >= 0.3 is 12.3 Å².